The molecule has 1 N–H and O–H groups in total. The molecule has 0 atom stereocenters. The van der Waals surface area contributed by atoms with Crippen LogP contribution in [0.25, 0.3) is 16.9 Å². The normalized spacial score (nSPS) is 13.0. The Labute approximate surface area is 135 Å². The number of rotatable bonds is 2. The van der Waals surface area contributed by atoms with Crippen LogP contribution in [0.2, 0.25) is 0 Å². The van der Waals surface area contributed by atoms with Gasteiger partial charge in [0.1, 0.15) is 17.3 Å². The third kappa shape index (κ3) is 2.04. The summed E-state index contributed by atoms with van der Waals surface area (Å²) in [5.41, 5.74) is 3.52. The molecule has 0 unspecified atom stereocenters. The second-order valence-corrected chi connectivity index (χ2v) is 6.05. The number of nitrogens with zero attached hydrogens (tertiary/aromatic N) is 2. The molecule has 2 aromatic carbocycles. The number of benzene rings is 2. The van der Waals surface area contributed by atoms with E-state index in [-0.39, 0.29) is 5.82 Å². The molecule has 0 fully saturated rings. The van der Waals surface area contributed by atoms with E-state index in [1.54, 1.807) is 16.8 Å². The van der Waals surface area contributed by atoms with Crippen LogP contribution in [0, 0.1) is 5.82 Å². The van der Waals surface area contributed by atoms with Crippen LogP contribution < -0.4 is 5.32 Å². The van der Waals surface area contributed by atoms with Crippen molar-refractivity contribution in [3.63, 3.8) is 0 Å². The zero-order valence-corrected chi connectivity index (χ0v) is 13.3. The van der Waals surface area contributed by atoms with Crippen LogP contribution in [0.15, 0.2) is 53.0 Å². The van der Waals surface area contributed by atoms with Gasteiger partial charge in [0.15, 0.2) is 0 Å². The lowest BCUT2D eigenvalue weighted by molar-refractivity contribution is 0.612. The van der Waals surface area contributed by atoms with Crippen molar-refractivity contribution < 1.29 is 4.39 Å². The average molecular weight is 358 g/mol. The predicted molar refractivity (Wildman–Crippen MR) is 88.9 cm³/mol. The van der Waals surface area contributed by atoms with Crippen LogP contribution in [0.1, 0.15) is 5.56 Å². The van der Waals surface area contributed by atoms with Gasteiger partial charge in [0, 0.05) is 22.1 Å². The number of anilines is 1. The maximum Gasteiger partial charge on any atom is 0.148 e. The van der Waals surface area contributed by atoms with Gasteiger partial charge < -0.3 is 5.32 Å². The Balaban J connectivity index is 1.95. The summed E-state index contributed by atoms with van der Waals surface area (Å²) in [5.74, 6) is 0.607. The summed E-state index contributed by atoms with van der Waals surface area (Å²) in [4.78, 5) is 0. The summed E-state index contributed by atoms with van der Waals surface area (Å²) in [6.07, 6.45) is 0.889. The Kier molecular flexibility index (Phi) is 3.22. The third-order valence-electron chi connectivity index (χ3n) is 3.86. The number of aromatic nitrogens is 2. The molecule has 2 heterocycles. The van der Waals surface area contributed by atoms with Gasteiger partial charge in [-0.05, 0) is 24.6 Å². The first-order valence-corrected chi connectivity index (χ1v) is 7.90. The molecule has 0 saturated carbocycles. The summed E-state index contributed by atoms with van der Waals surface area (Å²) >= 11 is 3.58. The maximum absolute atomic E-state index is 14.1. The van der Waals surface area contributed by atoms with E-state index >= 15 is 0 Å². The molecule has 0 spiro atoms. The first-order chi connectivity index (χ1) is 10.8. The van der Waals surface area contributed by atoms with Crippen molar-refractivity contribution in [3.05, 3.63) is 64.4 Å². The Morgan fingerprint density at radius 3 is 2.68 bits per heavy atom. The molecule has 0 saturated heterocycles. The van der Waals surface area contributed by atoms with Crippen molar-refractivity contribution in [2.45, 2.75) is 6.42 Å². The van der Waals surface area contributed by atoms with E-state index in [9.17, 15) is 4.39 Å². The minimum Gasteiger partial charge on any atom is -0.369 e. The van der Waals surface area contributed by atoms with E-state index in [2.05, 4.69) is 26.3 Å². The fourth-order valence-corrected chi connectivity index (χ4v) is 3.31. The minimum atomic E-state index is -0.278. The number of nitrogens with one attached hydrogen (secondary N) is 1. The van der Waals surface area contributed by atoms with E-state index in [1.165, 1.54) is 6.07 Å². The highest BCUT2D eigenvalue weighted by Crippen LogP contribution is 2.37. The van der Waals surface area contributed by atoms with Gasteiger partial charge in [0.25, 0.3) is 0 Å². The topological polar surface area (TPSA) is 29.9 Å². The van der Waals surface area contributed by atoms with Gasteiger partial charge >= 0.3 is 0 Å². The highest BCUT2D eigenvalue weighted by molar-refractivity contribution is 9.10. The largest absolute Gasteiger partial charge is 0.369 e. The van der Waals surface area contributed by atoms with Crippen LogP contribution in [-0.2, 0) is 6.42 Å². The lowest BCUT2D eigenvalue weighted by atomic mass is 10.1. The predicted octanol–water partition coefficient (Wildman–Crippen LogP) is 4.41. The summed E-state index contributed by atoms with van der Waals surface area (Å²) in [6.45, 7) is 0.846. The summed E-state index contributed by atoms with van der Waals surface area (Å²) in [5, 5.41) is 8.00. The highest BCUT2D eigenvalue weighted by atomic mass is 79.9. The zero-order chi connectivity index (χ0) is 15.1. The molecule has 1 aliphatic rings. The van der Waals surface area contributed by atoms with Crippen molar-refractivity contribution in [3.8, 4) is 16.9 Å². The maximum atomic E-state index is 14.1. The first-order valence-electron chi connectivity index (χ1n) is 7.11. The van der Waals surface area contributed by atoms with Crippen molar-refractivity contribution in [1.29, 1.82) is 0 Å². The van der Waals surface area contributed by atoms with Crippen LogP contribution in [-0.4, -0.2) is 16.3 Å². The smallest absolute Gasteiger partial charge is 0.148 e. The van der Waals surface area contributed by atoms with Gasteiger partial charge in [0.2, 0.25) is 0 Å². The Hall–Kier alpha value is -2.14. The van der Waals surface area contributed by atoms with Crippen molar-refractivity contribution in [2.75, 3.05) is 11.9 Å². The average Bonchev–Trinajstić information content (AvgIpc) is 3.11. The van der Waals surface area contributed by atoms with Gasteiger partial charge in [-0.1, -0.05) is 46.3 Å². The summed E-state index contributed by atoms with van der Waals surface area (Å²) < 4.78 is 16.8. The number of hydrogen-bond acceptors (Lipinski definition) is 2. The number of halogens is 2. The van der Waals surface area contributed by atoms with Gasteiger partial charge in [-0.15, -0.1) is 0 Å². The Morgan fingerprint density at radius 2 is 1.86 bits per heavy atom. The molecular weight excluding hydrogens is 345 g/mol. The van der Waals surface area contributed by atoms with Gasteiger partial charge in [-0.25, -0.2) is 9.07 Å². The van der Waals surface area contributed by atoms with Crippen LogP contribution in [0.5, 0.6) is 0 Å². The highest BCUT2D eigenvalue weighted by Gasteiger charge is 2.25. The fraction of sp³-hybridized carbons (Fsp3) is 0.118. The molecule has 4 rings (SSSR count). The fourth-order valence-electron chi connectivity index (χ4n) is 2.84. The molecule has 5 heteroatoms. The molecule has 0 amide bonds. The van der Waals surface area contributed by atoms with Crippen molar-refractivity contribution >= 4 is 21.7 Å². The van der Waals surface area contributed by atoms with Gasteiger partial charge in [-0.2, -0.15) is 5.10 Å². The van der Waals surface area contributed by atoms with Gasteiger partial charge in [0.05, 0.1) is 5.69 Å². The molecule has 1 aliphatic heterocycles. The molecule has 3 aromatic rings. The monoisotopic (exact) mass is 357 g/mol. The van der Waals surface area contributed by atoms with Crippen molar-refractivity contribution in [2.24, 2.45) is 0 Å². The van der Waals surface area contributed by atoms with E-state index in [0.717, 1.165) is 40.1 Å². The summed E-state index contributed by atoms with van der Waals surface area (Å²) in [7, 11) is 0. The second-order valence-electron chi connectivity index (χ2n) is 5.20. The lowest BCUT2D eigenvalue weighted by Crippen LogP contribution is -2.05. The Morgan fingerprint density at radius 1 is 1.09 bits per heavy atom. The molecule has 0 aliphatic carbocycles. The van der Waals surface area contributed by atoms with E-state index < -0.39 is 0 Å². The van der Waals surface area contributed by atoms with Crippen LogP contribution in [0.4, 0.5) is 10.2 Å². The molecule has 3 nitrogen and oxygen atoms in total. The Bertz CT molecular complexity index is 789. The number of hydrogen-bond donors (Lipinski definition) is 1. The van der Waals surface area contributed by atoms with E-state index in [4.69, 9.17) is 0 Å². The zero-order valence-electron chi connectivity index (χ0n) is 11.7. The number of fused-ring (bicyclic) bond motifs is 1. The molecule has 1 aromatic heterocycles. The number of para-hydroxylation sites is 1. The first kappa shape index (κ1) is 13.5. The van der Waals surface area contributed by atoms with E-state index in [1.807, 2.05) is 30.3 Å². The quantitative estimate of drug-likeness (QED) is 0.736. The van der Waals surface area contributed by atoms with Crippen LogP contribution >= 0.6 is 15.9 Å². The molecule has 0 radical (unpaired) electrons. The van der Waals surface area contributed by atoms with Crippen molar-refractivity contribution in [1.82, 2.24) is 9.78 Å². The molecular formula is C17H13BrFN3. The van der Waals surface area contributed by atoms with Crippen LogP contribution in [0.3, 0.4) is 0 Å². The lowest BCUT2D eigenvalue weighted by Gasteiger charge is -2.07. The SMILES string of the molecule is Fc1ccccc1-n1nc(-c2ccccc2Br)c2c1NCC2. The third-order valence-corrected chi connectivity index (χ3v) is 4.55. The van der Waals surface area contributed by atoms with Gasteiger partial charge in [-0.3, -0.25) is 0 Å². The summed E-state index contributed by atoms with van der Waals surface area (Å²) in [6, 6.07) is 14.7. The molecule has 22 heavy (non-hydrogen) atoms. The minimum absolute atomic E-state index is 0.278. The molecule has 0 bridgehead atoms. The second kappa shape index (κ2) is 5.25. The van der Waals surface area contributed by atoms with E-state index in [0.29, 0.717) is 5.69 Å². The standard InChI is InChI=1S/C17H13BrFN3/c18-13-6-2-1-5-11(13)16-12-9-10-20-17(12)22(21-16)15-8-4-3-7-14(15)19/h1-8,20H,9-10H2. The molecule has 110 valence electrons.